The van der Waals surface area contributed by atoms with Gasteiger partial charge in [0.25, 0.3) is 0 Å². The number of para-hydroxylation sites is 1. The van der Waals surface area contributed by atoms with E-state index in [2.05, 4.69) is 65.4 Å². The Morgan fingerprint density at radius 3 is 1.86 bits per heavy atom. The number of aryl methyl sites for hydroxylation is 2. The van der Waals surface area contributed by atoms with Crippen molar-refractivity contribution in [3.8, 4) is 34.8 Å². The molecule has 0 saturated heterocycles. The summed E-state index contributed by atoms with van der Waals surface area (Å²) in [5.74, 6) is 5.19. The van der Waals surface area contributed by atoms with Crippen LogP contribution in [-0.4, -0.2) is 42.2 Å². The fraction of sp³-hybridized carbons (Fsp3) is 0.409. The number of guanidine groups is 1. The number of nitriles is 1. The van der Waals surface area contributed by atoms with Crippen LogP contribution in [0.15, 0.2) is 77.7 Å². The Morgan fingerprint density at radius 1 is 0.845 bits per heavy atom. The largest absolute Gasteiger partial charge is 0.496 e. The van der Waals surface area contributed by atoms with E-state index in [1.807, 2.05) is 62.4 Å². The number of nitrogens with two attached hydrogens (primary N) is 3. The molecule has 1 aromatic heterocycles. The highest BCUT2D eigenvalue weighted by Gasteiger charge is 2.20. The Bertz CT molecular complexity index is 2020. The van der Waals surface area contributed by atoms with Crippen molar-refractivity contribution in [3.05, 3.63) is 95.0 Å². The first kappa shape index (κ1) is 46.5. The van der Waals surface area contributed by atoms with Crippen molar-refractivity contribution in [1.82, 2.24) is 9.97 Å². The van der Waals surface area contributed by atoms with Crippen LogP contribution in [0, 0.1) is 25.2 Å². The van der Waals surface area contributed by atoms with Crippen LogP contribution in [0.2, 0.25) is 0 Å². The average Bonchev–Trinajstić information content (AvgIpc) is 3.15. The molecule has 0 aliphatic heterocycles. The third-order valence-electron chi connectivity index (χ3n) is 9.62. The van der Waals surface area contributed by atoms with E-state index in [0.717, 1.165) is 65.1 Å². The molecule has 0 amide bonds. The molecule has 0 radical (unpaired) electrons. The molecule has 0 spiro atoms. The molecule has 312 valence electrons. The van der Waals surface area contributed by atoms with Gasteiger partial charge < -0.3 is 46.8 Å². The van der Waals surface area contributed by atoms with Gasteiger partial charge in [-0.25, -0.2) is 4.98 Å². The number of rotatable bonds is 13. The average molecular weight is 814 g/mol. The van der Waals surface area contributed by atoms with Crippen molar-refractivity contribution in [2.45, 2.75) is 104 Å². The van der Waals surface area contributed by atoms with Crippen LogP contribution in [0.4, 0.5) is 17.5 Å². The first-order chi connectivity index (χ1) is 27.3. The standard InChI is InChI=1S/C20H22N2O2.C19H26N4O2.C5H11N3.ClH/c1-14(2)18-10-15(3)19(23-4)11-20(18)24-17(12-21)13-22-16-8-6-5-7-9-16;1-11(2)14-8-12(3)15(24-4)9-16(14)25-17-10-21-19(23-18(17)20)22-13-6-5-7-13;6-5(7)8-4-2-1-3-4;/h5-11,13-14,22H,1-4H3;8-11,13H,5-7H2,1-4H3,(H3,20,21,22,23);4H,1-3H2,(H4,6,7,8);1H/b17-13+;;;. The third-order valence-corrected chi connectivity index (χ3v) is 9.62. The molecule has 2 aliphatic carbocycles. The van der Waals surface area contributed by atoms with E-state index >= 15 is 0 Å². The summed E-state index contributed by atoms with van der Waals surface area (Å²) in [7, 11) is 3.28. The highest BCUT2D eigenvalue weighted by atomic mass is 35.5. The number of nitrogen functional groups attached to an aromatic ring is 1. The lowest BCUT2D eigenvalue weighted by Gasteiger charge is -2.26. The normalized spacial score (nSPS) is 13.4. The Hall–Kier alpha value is -5.87. The quantitative estimate of drug-likeness (QED) is 0.0371. The second kappa shape index (κ2) is 22.8. The maximum absolute atomic E-state index is 9.36. The molecule has 13 nitrogen and oxygen atoms in total. The van der Waals surface area contributed by atoms with Gasteiger partial charge in [0, 0.05) is 23.9 Å². The van der Waals surface area contributed by atoms with E-state index < -0.39 is 0 Å². The van der Waals surface area contributed by atoms with Crippen LogP contribution in [0.25, 0.3) is 0 Å². The Morgan fingerprint density at radius 2 is 1.41 bits per heavy atom. The molecule has 14 heteroatoms. The van der Waals surface area contributed by atoms with Gasteiger partial charge in [-0.3, -0.25) is 4.99 Å². The maximum Gasteiger partial charge on any atom is 0.225 e. The van der Waals surface area contributed by atoms with Crippen molar-refractivity contribution in [2.75, 3.05) is 30.6 Å². The minimum absolute atomic E-state index is 0. The first-order valence-electron chi connectivity index (χ1n) is 19.4. The lowest BCUT2D eigenvalue weighted by Crippen LogP contribution is -2.28. The maximum atomic E-state index is 9.36. The zero-order chi connectivity index (χ0) is 41.5. The molecular weight excluding hydrogens is 754 g/mol. The van der Waals surface area contributed by atoms with Gasteiger partial charge in [0.15, 0.2) is 17.5 Å². The molecule has 0 unspecified atom stereocenters. The van der Waals surface area contributed by atoms with Gasteiger partial charge in [0.05, 0.1) is 32.7 Å². The monoisotopic (exact) mass is 813 g/mol. The number of anilines is 3. The Labute approximate surface area is 349 Å². The van der Waals surface area contributed by atoms with E-state index in [1.165, 1.54) is 12.8 Å². The molecule has 2 saturated carbocycles. The number of hydrogen-bond donors (Lipinski definition) is 5. The van der Waals surface area contributed by atoms with Crippen LogP contribution >= 0.6 is 12.4 Å². The highest BCUT2D eigenvalue weighted by Crippen LogP contribution is 2.38. The van der Waals surface area contributed by atoms with Crippen LogP contribution in [0.3, 0.4) is 0 Å². The highest BCUT2D eigenvalue weighted by molar-refractivity contribution is 5.85. The fourth-order valence-corrected chi connectivity index (χ4v) is 5.90. The molecule has 2 aliphatic rings. The van der Waals surface area contributed by atoms with Crippen LogP contribution < -0.4 is 46.8 Å². The SMILES string of the molecule is COc1cc(O/C(C#N)=C/Nc2ccccc2)c(C(C)C)cc1C.COc1cc(Oc2cnc(NC3CCC3)nc2N)c(C(C)C)cc1C.Cl.NC(N)=NC1CCC1. The van der Waals surface area contributed by atoms with Crippen LogP contribution in [-0.2, 0) is 0 Å². The van der Waals surface area contributed by atoms with Crippen molar-refractivity contribution in [2.24, 2.45) is 16.5 Å². The number of nitrogens with one attached hydrogen (secondary N) is 2. The predicted molar refractivity (Wildman–Crippen MR) is 237 cm³/mol. The molecule has 58 heavy (non-hydrogen) atoms. The van der Waals surface area contributed by atoms with E-state index in [1.54, 1.807) is 26.6 Å². The lowest BCUT2D eigenvalue weighted by atomic mass is 9.93. The summed E-state index contributed by atoms with van der Waals surface area (Å²) < 4.78 is 22.7. The zero-order valence-corrected chi connectivity index (χ0v) is 35.8. The Kier molecular flexibility index (Phi) is 18.3. The summed E-state index contributed by atoms with van der Waals surface area (Å²) >= 11 is 0. The topological polar surface area (TPSA) is 201 Å². The number of halogens is 1. The number of aliphatic imine (C=N–C) groups is 1. The first-order valence-corrected chi connectivity index (χ1v) is 19.4. The zero-order valence-electron chi connectivity index (χ0n) is 35.0. The van der Waals surface area contributed by atoms with Crippen molar-refractivity contribution < 1.29 is 18.9 Å². The second-order valence-electron chi connectivity index (χ2n) is 14.7. The molecule has 1 heterocycles. The van der Waals surface area contributed by atoms with Gasteiger partial charge in [-0.2, -0.15) is 10.2 Å². The minimum atomic E-state index is 0. The molecule has 4 aromatic rings. The van der Waals surface area contributed by atoms with E-state index in [-0.39, 0.29) is 30.0 Å². The summed E-state index contributed by atoms with van der Waals surface area (Å²) in [5.41, 5.74) is 21.5. The summed E-state index contributed by atoms with van der Waals surface area (Å²) in [6.45, 7) is 12.4. The number of allylic oxidation sites excluding steroid dienone is 1. The van der Waals surface area contributed by atoms with Crippen LogP contribution in [0.5, 0.6) is 28.7 Å². The van der Waals surface area contributed by atoms with Gasteiger partial charge in [0.2, 0.25) is 11.7 Å². The number of ether oxygens (including phenoxy) is 4. The molecular formula is C44H60ClN9O4. The number of methoxy groups -OCH3 is 2. The number of benzene rings is 3. The second-order valence-corrected chi connectivity index (χ2v) is 14.7. The molecule has 3 aromatic carbocycles. The van der Waals surface area contributed by atoms with Gasteiger partial charge in [-0.15, -0.1) is 12.4 Å². The molecule has 0 atom stereocenters. The summed E-state index contributed by atoms with van der Waals surface area (Å²) in [6.07, 6.45) is 10.4. The van der Waals surface area contributed by atoms with E-state index in [9.17, 15) is 5.26 Å². The summed E-state index contributed by atoms with van der Waals surface area (Å²) in [4.78, 5) is 12.6. The van der Waals surface area contributed by atoms with E-state index in [4.69, 9.17) is 36.1 Å². The molecule has 6 rings (SSSR count). The minimum Gasteiger partial charge on any atom is -0.496 e. The van der Waals surface area contributed by atoms with Gasteiger partial charge >= 0.3 is 0 Å². The van der Waals surface area contributed by atoms with Gasteiger partial charge in [-0.05, 0) is 111 Å². The fourth-order valence-electron chi connectivity index (χ4n) is 5.90. The molecule has 2 fully saturated rings. The van der Waals surface area contributed by atoms with Crippen molar-refractivity contribution >= 4 is 35.8 Å². The van der Waals surface area contributed by atoms with Gasteiger partial charge in [-0.1, -0.05) is 45.9 Å². The number of nitrogens with zero attached hydrogens (tertiary/aromatic N) is 4. The summed E-state index contributed by atoms with van der Waals surface area (Å²) in [5, 5.41) is 15.7. The predicted octanol–water partition coefficient (Wildman–Crippen LogP) is 9.47. The molecule has 8 N–H and O–H groups in total. The lowest BCUT2D eigenvalue weighted by molar-refractivity contribution is 0.399. The molecule has 0 bridgehead atoms. The van der Waals surface area contributed by atoms with Gasteiger partial charge in [0.1, 0.15) is 29.1 Å². The number of hydrogen-bond acceptors (Lipinski definition) is 11. The van der Waals surface area contributed by atoms with Crippen molar-refractivity contribution in [3.63, 3.8) is 0 Å². The smallest absolute Gasteiger partial charge is 0.225 e. The third kappa shape index (κ3) is 13.7. The van der Waals surface area contributed by atoms with Crippen LogP contribution in [0.1, 0.15) is 100 Å². The van der Waals surface area contributed by atoms with Crippen molar-refractivity contribution in [1.29, 1.82) is 5.26 Å². The number of aromatic nitrogens is 2. The van der Waals surface area contributed by atoms with E-state index in [0.29, 0.717) is 47.0 Å². The Balaban J connectivity index is 0.000000257. The summed E-state index contributed by atoms with van der Waals surface area (Å²) in [6, 6.07) is 20.4.